The van der Waals surface area contributed by atoms with Crippen molar-refractivity contribution in [1.29, 1.82) is 0 Å². The molecule has 44 heavy (non-hydrogen) atoms. The summed E-state index contributed by atoms with van der Waals surface area (Å²) >= 11 is 13.9. The number of allylic oxidation sites excluding steroid dienone is 1. The van der Waals surface area contributed by atoms with Gasteiger partial charge in [-0.25, -0.2) is 9.79 Å². The van der Waals surface area contributed by atoms with E-state index in [-0.39, 0.29) is 18.8 Å². The van der Waals surface area contributed by atoms with E-state index in [9.17, 15) is 9.59 Å². The van der Waals surface area contributed by atoms with Crippen molar-refractivity contribution in [3.05, 3.63) is 124 Å². The van der Waals surface area contributed by atoms with Gasteiger partial charge in [0.1, 0.15) is 6.61 Å². The maximum absolute atomic E-state index is 14.0. The van der Waals surface area contributed by atoms with Crippen LogP contribution in [0.5, 0.6) is 11.5 Å². The number of thiazole rings is 1. The van der Waals surface area contributed by atoms with Crippen LogP contribution in [0.25, 0.3) is 6.08 Å². The molecule has 1 aromatic heterocycles. The summed E-state index contributed by atoms with van der Waals surface area (Å²) in [5, 5.41) is 0.975. The number of fused-ring (bicyclic) bond motifs is 1. The van der Waals surface area contributed by atoms with Crippen LogP contribution < -0.4 is 24.4 Å². The third-order valence-corrected chi connectivity index (χ3v) is 8.80. The standard InChI is InChI=1S/C34H32Cl2N2O5S/c1-6-42-33(40)29-20(4)37-34-38(30(29)24-11-9-23(10-12-24)19(2)3)32(39)28(44-34)17-22-15-26(36)31(27(16-22)41-5)43-18-21-7-13-25(35)14-8-21/h7-17,19,30H,6,18H2,1-5H3/b28-17+/t30-/m1/s1. The average molecular weight is 652 g/mol. The number of nitrogens with zero attached hydrogens (tertiary/aromatic N) is 2. The van der Waals surface area contributed by atoms with Crippen LogP contribution in [-0.2, 0) is 16.1 Å². The van der Waals surface area contributed by atoms with E-state index < -0.39 is 12.0 Å². The van der Waals surface area contributed by atoms with Crippen LogP contribution in [-0.4, -0.2) is 24.3 Å². The Morgan fingerprint density at radius 2 is 1.80 bits per heavy atom. The minimum atomic E-state index is -0.685. The number of ether oxygens (including phenoxy) is 3. The van der Waals surface area contributed by atoms with E-state index in [0.717, 1.165) is 16.7 Å². The van der Waals surface area contributed by atoms with Crippen LogP contribution in [0.1, 0.15) is 61.9 Å². The van der Waals surface area contributed by atoms with Gasteiger partial charge >= 0.3 is 5.97 Å². The number of carbonyl (C=O) groups is 1. The highest BCUT2D eigenvalue weighted by Gasteiger charge is 2.33. The number of methoxy groups -OCH3 is 1. The van der Waals surface area contributed by atoms with Gasteiger partial charge in [0, 0.05) is 5.02 Å². The molecule has 0 radical (unpaired) electrons. The predicted octanol–water partition coefficient (Wildman–Crippen LogP) is 6.82. The monoisotopic (exact) mass is 650 g/mol. The second-order valence-electron chi connectivity index (χ2n) is 10.6. The smallest absolute Gasteiger partial charge is 0.338 e. The number of rotatable bonds is 9. The maximum atomic E-state index is 14.0. The molecule has 228 valence electrons. The molecule has 0 N–H and O–H groups in total. The summed E-state index contributed by atoms with van der Waals surface area (Å²) in [5.74, 6) is 0.661. The van der Waals surface area contributed by atoms with Gasteiger partial charge in [-0.05, 0) is 72.4 Å². The molecule has 1 atom stereocenters. The molecule has 3 aromatic carbocycles. The van der Waals surface area contributed by atoms with Gasteiger partial charge in [-0.15, -0.1) is 0 Å². The van der Waals surface area contributed by atoms with Crippen LogP contribution in [0.2, 0.25) is 10.0 Å². The number of aromatic nitrogens is 1. The Hall–Kier alpha value is -3.85. The molecule has 0 fully saturated rings. The second-order valence-corrected chi connectivity index (χ2v) is 12.4. The number of hydrogen-bond acceptors (Lipinski definition) is 7. The molecule has 0 amide bonds. The third kappa shape index (κ3) is 6.48. The molecular weight excluding hydrogens is 619 g/mol. The molecule has 0 saturated carbocycles. The molecule has 0 unspecified atom stereocenters. The van der Waals surface area contributed by atoms with E-state index in [1.165, 1.54) is 18.4 Å². The molecule has 0 spiro atoms. The zero-order valence-electron chi connectivity index (χ0n) is 25.0. The zero-order chi connectivity index (χ0) is 31.5. The van der Waals surface area contributed by atoms with E-state index in [1.807, 2.05) is 36.4 Å². The lowest BCUT2D eigenvalue weighted by Gasteiger charge is -2.25. The van der Waals surface area contributed by atoms with Gasteiger partial charge in [-0.1, -0.05) is 84.8 Å². The maximum Gasteiger partial charge on any atom is 0.338 e. The van der Waals surface area contributed by atoms with Crippen molar-refractivity contribution < 1.29 is 19.0 Å². The summed E-state index contributed by atoms with van der Waals surface area (Å²) in [6.45, 7) is 8.24. The Kier molecular flexibility index (Phi) is 9.63. The quantitative estimate of drug-likeness (QED) is 0.186. The summed E-state index contributed by atoms with van der Waals surface area (Å²) in [5.41, 5.74) is 4.10. The Balaban J connectivity index is 1.57. The molecule has 0 bridgehead atoms. The average Bonchev–Trinajstić information content (AvgIpc) is 3.30. The zero-order valence-corrected chi connectivity index (χ0v) is 27.3. The summed E-state index contributed by atoms with van der Waals surface area (Å²) in [6.07, 6.45) is 1.74. The minimum absolute atomic E-state index is 0.209. The molecule has 7 nitrogen and oxygen atoms in total. The predicted molar refractivity (Wildman–Crippen MR) is 175 cm³/mol. The number of hydrogen-bond donors (Lipinski definition) is 0. The van der Waals surface area contributed by atoms with E-state index >= 15 is 0 Å². The summed E-state index contributed by atoms with van der Waals surface area (Å²) in [6, 6.07) is 18.1. The first kappa shape index (κ1) is 31.6. The highest BCUT2D eigenvalue weighted by molar-refractivity contribution is 7.07. The molecule has 2 heterocycles. The first-order valence-corrected chi connectivity index (χ1v) is 15.7. The third-order valence-electron chi connectivity index (χ3n) is 7.28. The van der Waals surface area contributed by atoms with Crippen LogP contribution >= 0.6 is 34.5 Å². The number of esters is 1. The number of carbonyl (C=O) groups excluding carboxylic acids is 1. The lowest BCUT2D eigenvalue weighted by Crippen LogP contribution is -2.39. The fourth-order valence-electron chi connectivity index (χ4n) is 5.02. The molecule has 0 aliphatic carbocycles. The molecule has 5 rings (SSSR count). The summed E-state index contributed by atoms with van der Waals surface area (Å²) in [7, 11) is 1.53. The van der Waals surface area contributed by atoms with Crippen molar-refractivity contribution in [2.45, 2.75) is 46.3 Å². The van der Waals surface area contributed by atoms with E-state index in [0.29, 0.717) is 53.6 Å². The molecule has 1 aliphatic heterocycles. The van der Waals surface area contributed by atoms with Gasteiger partial charge < -0.3 is 14.2 Å². The molecule has 1 aliphatic rings. The van der Waals surface area contributed by atoms with Gasteiger partial charge in [0.2, 0.25) is 0 Å². The summed E-state index contributed by atoms with van der Waals surface area (Å²) in [4.78, 5) is 32.3. The topological polar surface area (TPSA) is 79.1 Å². The Morgan fingerprint density at radius 3 is 2.43 bits per heavy atom. The largest absolute Gasteiger partial charge is 0.493 e. The Morgan fingerprint density at radius 1 is 1.09 bits per heavy atom. The second kappa shape index (κ2) is 13.4. The van der Waals surface area contributed by atoms with Gasteiger partial charge in [-0.3, -0.25) is 9.36 Å². The summed E-state index contributed by atoms with van der Waals surface area (Å²) < 4.78 is 19.0. The van der Waals surface area contributed by atoms with E-state index in [1.54, 1.807) is 48.8 Å². The van der Waals surface area contributed by atoms with E-state index in [2.05, 4.69) is 18.8 Å². The highest BCUT2D eigenvalue weighted by Crippen LogP contribution is 2.37. The van der Waals surface area contributed by atoms with Crippen molar-refractivity contribution in [2.24, 2.45) is 4.99 Å². The van der Waals surface area contributed by atoms with Crippen molar-refractivity contribution >= 4 is 46.6 Å². The molecular formula is C34H32Cl2N2O5S. The number of halogens is 2. The fraction of sp³-hybridized carbons (Fsp3) is 0.265. The fourth-order valence-corrected chi connectivity index (χ4v) is 6.47. The van der Waals surface area contributed by atoms with Crippen LogP contribution in [0.4, 0.5) is 0 Å². The minimum Gasteiger partial charge on any atom is -0.493 e. The Bertz CT molecular complexity index is 1910. The Labute approximate surface area is 269 Å². The lowest BCUT2D eigenvalue weighted by atomic mass is 9.93. The van der Waals surface area contributed by atoms with Crippen molar-refractivity contribution in [1.82, 2.24) is 4.57 Å². The molecule has 4 aromatic rings. The SMILES string of the molecule is CCOC(=O)C1=C(C)N=c2s/c(=C/c3cc(Cl)c(OCc4ccc(Cl)cc4)c(OC)c3)c(=O)n2[C@@H]1c1ccc(C(C)C)cc1. The normalized spacial score (nSPS) is 14.8. The van der Waals surface area contributed by atoms with Crippen LogP contribution in [0.3, 0.4) is 0 Å². The number of benzene rings is 3. The van der Waals surface area contributed by atoms with Crippen molar-refractivity contribution in [3.8, 4) is 11.5 Å². The van der Waals surface area contributed by atoms with Gasteiger partial charge in [0.25, 0.3) is 5.56 Å². The molecule has 10 heteroatoms. The van der Waals surface area contributed by atoms with Crippen molar-refractivity contribution in [2.75, 3.05) is 13.7 Å². The van der Waals surface area contributed by atoms with Gasteiger partial charge in [0.05, 0.1) is 40.6 Å². The van der Waals surface area contributed by atoms with Gasteiger partial charge in [-0.2, -0.15) is 0 Å². The first-order valence-electron chi connectivity index (χ1n) is 14.2. The first-order chi connectivity index (χ1) is 21.1. The molecule has 0 saturated heterocycles. The van der Waals surface area contributed by atoms with Gasteiger partial charge in [0.15, 0.2) is 16.3 Å². The highest BCUT2D eigenvalue weighted by atomic mass is 35.5. The van der Waals surface area contributed by atoms with E-state index in [4.69, 9.17) is 37.4 Å². The van der Waals surface area contributed by atoms with Crippen LogP contribution in [0, 0.1) is 0 Å². The lowest BCUT2D eigenvalue weighted by molar-refractivity contribution is -0.139. The van der Waals surface area contributed by atoms with Crippen molar-refractivity contribution in [3.63, 3.8) is 0 Å². The van der Waals surface area contributed by atoms with Crippen LogP contribution in [0.15, 0.2) is 81.7 Å².